The molecule has 0 bridgehead atoms. The second-order valence-corrected chi connectivity index (χ2v) is 6.90. The summed E-state index contributed by atoms with van der Waals surface area (Å²) in [6.07, 6.45) is 1.56. The number of fused-ring (bicyclic) bond motifs is 1. The van der Waals surface area contributed by atoms with E-state index in [0.717, 1.165) is 10.8 Å². The average Bonchev–Trinajstić information content (AvgIpc) is 2.73. The van der Waals surface area contributed by atoms with Gasteiger partial charge in [-0.05, 0) is 47.2 Å². The number of hydrogen-bond acceptors (Lipinski definition) is 3. The summed E-state index contributed by atoms with van der Waals surface area (Å²) < 4.78 is 0. The standard InChI is InChI=1S/C24H17ClN2O2/c25-17-8-6-11-19(14-17)26-15-22-20-12-5-4-7-16(20)13-21(23(22)28)24(29)27-18-9-2-1-3-10-18/h1-15,28H,(H,27,29). The molecule has 1 amide bonds. The van der Waals surface area contributed by atoms with Gasteiger partial charge in [0.15, 0.2) is 0 Å². The molecule has 0 spiro atoms. The number of carbonyl (C=O) groups excluding carboxylic acids is 1. The van der Waals surface area contributed by atoms with Gasteiger partial charge >= 0.3 is 0 Å². The zero-order valence-corrected chi connectivity index (χ0v) is 16.1. The first-order chi connectivity index (χ1) is 14.1. The van der Waals surface area contributed by atoms with Gasteiger partial charge in [-0.25, -0.2) is 0 Å². The molecule has 0 fully saturated rings. The molecule has 4 nitrogen and oxygen atoms in total. The number of anilines is 1. The third kappa shape index (κ3) is 4.13. The number of para-hydroxylation sites is 1. The maximum Gasteiger partial charge on any atom is 0.259 e. The molecular formula is C24H17ClN2O2. The van der Waals surface area contributed by atoms with Gasteiger partial charge in [0.1, 0.15) is 5.75 Å². The number of aliphatic imine (C=N–C) groups is 1. The first-order valence-electron chi connectivity index (χ1n) is 9.02. The van der Waals surface area contributed by atoms with Crippen molar-refractivity contribution < 1.29 is 9.90 Å². The van der Waals surface area contributed by atoms with E-state index in [0.29, 0.717) is 22.0 Å². The molecular weight excluding hydrogens is 384 g/mol. The van der Waals surface area contributed by atoms with E-state index in [-0.39, 0.29) is 11.3 Å². The van der Waals surface area contributed by atoms with E-state index in [1.54, 1.807) is 42.6 Å². The number of phenolic OH excluding ortho intramolecular Hbond substituents is 1. The second kappa shape index (κ2) is 8.17. The number of aromatic hydroxyl groups is 1. The van der Waals surface area contributed by atoms with Crippen LogP contribution in [0, 0.1) is 0 Å². The lowest BCUT2D eigenvalue weighted by Crippen LogP contribution is -2.12. The Bertz CT molecular complexity index is 1220. The molecule has 0 aliphatic heterocycles. The molecule has 142 valence electrons. The van der Waals surface area contributed by atoms with Crippen LogP contribution in [0.1, 0.15) is 15.9 Å². The van der Waals surface area contributed by atoms with Crippen molar-refractivity contribution in [1.82, 2.24) is 0 Å². The number of nitrogens with one attached hydrogen (secondary N) is 1. The van der Waals surface area contributed by atoms with Gasteiger partial charge < -0.3 is 10.4 Å². The minimum atomic E-state index is -0.392. The van der Waals surface area contributed by atoms with Crippen LogP contribution >= 0.6 is 11.6 Å². The van der Waals surface area contributed by atoms with E-state index < -0.39 is 5.91 Å². The molecule has 0 heterocycles. The van der Waals surface area contributed by atoms with E-state index in [1.165, 1.54) is 0 Å². The lowest BCUT2D eigenvalue weighted by Gasteiger charge is -2.12. The molecule has 5 heteroatoms. The van der Waals surface area contributed by atoms with Crippen LogP contribution in [0.25, 0.3) is 10.8 Å². The summed E-state index contributed by atoms with van der Waals surface area (Å²) in [5.74, 6) is -0.514. The molecule has 0 aliphatic rings. The summed E-state index contributed by atoms with van der Waals surface area (Å²) in [7, 11) is 0. The number of amides is 1. The minimum absolute atomic E-state index is 0.122. The number of nitrogens with zero attached hydrogens (tertiary/aromatic N) is 1. The van der Waals surface area contributed by atoms with Crippen molar-refractivity contribution in [3.8, 4) is 5.75 Å². The Morgan fingerprint density at radius 2 is 1.69 bits per heavy atom. The van der Waals surface area contributed by atoms with Gasteiger partial charge in [-0.1, -0.05) is 60.1 Å². The Morgan fingerprint density at radius 1 is 0.931 bits per heavy atom. The third-order valence-electron chi connectivity index (χ3n) is 4.49. The molecule has 2 N–H and O–H groups in total. The highest BCUT2D eigenvalue weighted by Crippen LogP contribution is 2.31. The molecule has 0 saturated heterocycles. The van der Waals surface area contributed by atoms with Crippen molar-refractivity contribution in [2.24, 2.45) is 4.99 Å². The van der Waals surface area contributed by atoms with Crippen molar-refractivity contribution in [2.45, 2.75) is 0 Å². The van der Waals surface area contributed by atoms with E-state index in [2.05, 4.69) is 10.3 Å². The smallest absolute Gasteiger partial charge is 0.259 e. The van der Waals surface area contributed by atoms with Gasteiger partial charge in [0.2, 0.25) is 0 Å². The molecule has 0 saturated carbocycles. The van der Waals surface area contributed by atoms with Crippen LogP contribution in [-0.4, -0.2) is 17.2 Å². The van der Waals surface area contributed by atoms with Crippen LogP contribution in [0.15, 0.2) is 89.9 Å². The molecule has 29 heavy (non-hydrogen) atoms. The fourth-order valence-corrected chi connectivity index (χ4v) is 3.27. The number of hydrogen-bond donors (Lipinski definition) is 2. The number of phenols is 1. The van der Waals surface area contributed by atoms with Crippen molar-refractivity contribution in [2.75, 3.05) is 5.32 Å². The lowest BCUT2D eigenvalue weighted by atomic mass is 9.99. The predicted octanol–water partition coefficient (Wildman–Crippen LogP) is 6.20. The molecule has 0 aliphatic carbocycles. The normalized spacial score (nSPS) is 11.1. The first-order valence-corrected chi connectivity index (χ1v) is 9.40. The van der Waals surface area contributed by atoms with E-state index in [9.17, 15) is 9.90 Å². The number of carbonyl (C=O) groups is 1. The number of rotatable bonds is 4. The summed E-state index contributed by atoms with van der Waals surface area (Å²) in [6, 6.07) is 25.4. The van der Waals surface area contributed by atoms with Crippen LogP contribution in [0.3, 0.4) is 0 Å². The number of benzene rings is 4. The number of halogens is 1. The van der Waals surface area contributed by atoms with Gasteiger partial charge in [0.05, 0.1) is 11.3 Å². The Morgan fingerprint density at radius 3 is 2.48 bits per heavy atom. The summed E-state index contributed by atoms with van der Waals surface area (Å²) in [6.45, 7) is 0. The van der Waals surface area contributed by atoms with Gasteiger partial charge in [-0.15, -0.1) is 0 Å². The summed E-state index contributed by atoms with van der Waals surface area (Å²) >= 11 is 6.02. The average molecular weight is 401 g/mol. The maximum absolute atomic E-state index is 12.8. The molecule has 4 aromatic rings. The zero-order chi connectivity index (χ0) is 20.2. The lowest BCUT2D eigenvalue weighted by molar-refractivity contribution is 0.102. The van der Waals surface area contributed by atoms with Crippen LogP contribution in [0.5, 0.6) is 5.75 Å². The second-order valence-electron chi connectivity index (χ2n) is 6.47. The largest absolute Gasteiger partial charge is 0.506 e. The van der Waals surface area contributed by atoms with E-state index in [1.807, 2.05) is 48.5 Å². The summed E-state index contributed by atoms with van der Waals surface area (Å²) in [5, 5.41) is 15.9. The van der Waals surface area contributed by atoms with Crippen molar-refractivity contribution in [3.05, 3.63) is 101 Å². The predicted molar refractivity (Wildman–Crippen MR) is 119 cm³/mol. The first kappa shape index (κ1) is 18.7. The molecule has 4 aromatic carbocycles. The Balaban J connectivity index is 1.78. The van der Waals surface area contributed by atoms with Gasteiger partial charge in [-0.2, -0.15) is 0 Å². The minimum Gasteiger partial charge on any atom is -0.506 e. The SMILES string of the molecule is O=C(Nc1ccccc1)c1cc2ccccc2c(C=Nc2cccc(Cl)c2)c1O. The molecule has 0 atom stereocenters. The Hall–Kier alpha value is -3.63. The van der Waals surface area contributed by atoms with Crippen LogP contribution in [0.4, 0.5) is 11.4 Å². The molecule has 0 radical (unpaired) electrons. The van der Waals surface area contributed by atoms with Gasteiger partial charge in [-0.3, -0.25) is 9.79 Å². The summed E-state index contributed by atoms with van der Waals surface area (Å²) in [4.78, 5) is 17.2. The topological polar surface area (TPSA) is 61.7 Å². The zero-order valence-electron chi connectivity index (χ0n) is 15.3. The van der Waals surface area contributed by atoms with Crippen molar-refractivity contribution in [1.29, 1.82) is 0 Å². The Kier molecular flexibility index (Phi) is 5.27. The van der Waals surface area contributed by atoms with Crippen molar-refractivity contribution in [3.63, 3.8) is 0 Å². The Labute approximate surface area is 173 Å². The highest BCUT2D eigenvalue weighted by atomic mass is 35.5. The fraction of sp³-hybridized carbons (Fsp3) is 0. The van der Waals surface area contributed by atoms with Crippen LogP contribution in [-0.2, 0) is 0 Å². The van der Waals surface area contributed by atoms with Gasteiger partial charge in [0, 0.05) is 22.5 Å². The van der Waals surface area contributed by atoms with E-state index in [4.69, 9.17) is 11.6 Å². The fourth-order valence-electron chi connectivity index (χ4n) is 3.08. The monoisotopic (exact) mass is 400 g/mol. The highest BCUT2D eigenvalue weighted by Gasteiger charge is 2.17. The van der Waals surface area contributed by atoms with E-state index >= 15 is 0 Å². The maximum atomic E-state index is 12.8. The molecule has 0 unspecified atom stereocenters. The molecule has 0 aromatic heterocycles. The summed E-state index contributed by atoms with van der Waals surface area (Å²) in [5.41, 5.74) is 1.96. The third-order valence-corrected chi connectivity index (χ3v) is 4.72. The van der Waals surface area contributed by atoms with Gasteiger partial charge in [0.25, 0.3) is 5.91 Å². The van der Waals surface area contributed by atoms with Crippen LogP contribution < -0.4 is 5.32 Å². The van der Waals surface area contributed by atoms with Crippen molar-refractivity contribution >= 4 is 45.9 Å². The molecule has 4 rings (SSSR count). The quantitative estimate of drug-likeness (QED) is 0.400. The van der Waals surface area contributed by atoms with Crippen LogP contribution in [0.2, 0.25) is 5.02 Å². The highest BCUT2D eigenvalue weighted by molar-refractivity contribution is 6.30.